The number of para-hydroxylation sites is 1. The first kappa shape index (κ1) is 15.8. The van der Waals surface area contributed by atoms with Gasteiger partial charge in [-0.3, -0.25) is 9.69 Å². The second-order valence-electron chi connectivity index (χ2n) is 6.43. The minimum absolute atomic E-state index is 0.177. The van der Waals surface area contributed by atoms with Crippen molar-refractivity contribution in [2.75, 3.05) is 25.0 Å². The van der Waals surface area contributed by atoms with Crippen molar-refractivity contribution in [2.45, 2.75) is 26.3 Å². The van der Waals surface area contributed by atoms with E-state index in [1.54, 1.807) is 0 Å². The summed E-state index contributed by atoms with van der Waals surface area (Å²) in [6.07, 6.45) is 0.957. The zero-order valence-electron chi connectivity index (χ0n) is 14.1. The van der Waals surface area contributed by atoms with Gasteiger partial charge in [-0.2, -0.15) is 0 Å². The van der Waals surface area contributed by atoms with E-state index < -0.39 is 0 Å². The largest absolute Gasteiger partial charge is 0.311 e. The number of anilines is 1. The third kappa shape index (κ3) is 3.30. The number of benzene rings is 2. The maximum Gasteiger partial charge on any atom is 0.241 e. The Morgan fingerprint density at radius 3 is 2.61 bits per heavy atom. The Kier molecular flexibility index (Phi) is 4.49. The lowest BCUT2D eigenvalue weighted by Crippen LogP contribution is -2.39. The summed E-state index contributed by atoms with van der Waals surface area (Å²) < 4.78 is 0. The number of hydrogen-bond donors (Lipinski definition) is 0. The Balaban J connectivity index is 1.67. The smallest absolute Gasteiger partial charge is 0.241 e. The molecule has 2 aromatic carbocycles. The summed E-state index contributed by atoms with van der Waals surface area (Å²) in [5.41, 5.74) is 4.85. The summed E-state index contributed by atoms with van der Waals surface area (Å²) in [4.78, 5) is 16.7. The van der Waals surface area contributed by atoms with E-state index in [1.165, 1.54) is 16.7 Å². The number of rotatable bonds is 4. The highest BCUT2D eigenvalue weighted by Gasteiger charge is 2.25. The van der Waals surface area contributed by atoms with E-state index in [1.807, 2.05) is 30.1 Å². The molecule has 0 radical (unpaired) electrons. The van der Waals surface area contributed by atoms with Crippen LogP contribution in [0.25, 0.3) is 0 Å². The van der Waals surface area contributed by atoms with Gasteiger partial charge in [0, 0.05) is 18.3 Å². The molecule has 0 aliphatic carbocycles. The molecule has 0 saturated carbocycles. The zero-order chi connectivity index (χ0) is 16.4. The molecule has 0 saturated heterocycles. The average molecular weight is 308 g/mol. The predicted molar refractivity (Wildman–Crippen MR) is 94.7 cm³/mol. The molecule has 23 heavy (non-hydrogen) atoms. The minimum atomic E-state index is 0.177. The normalized spacial score (nSPS) is 14.9. The fraction of sp³-hybridized carbons (Fsp3) is 0.350. The van der Waals surface area contributed by atoms with Crippen molar-refractivity contribution < 1.29 is 4.79 Å². The number of hydrogen-bond acceptors (Lipinski definition) is 2. The van der Waals surface area contributed by atoms with Crippen molar-refractivity contribution in [3.05, 3.63) is 65.2 Å². The topological polar surface area (TPSA) is 23.6 Å². The molecule has 120 valence electrons. The van der Waals surface area contributed by atoms with Gasteiger partial charge < -0.3 is 4.90 Å². The van der Waals surface area contributed by atoms with E-state index in [-0.39, 0.29) is 11.9 Å². The minimum Gasteiger partial charge on any atom is -0.311 e. The quantitative estimate of drug-likeness (QED) is 0.862. The van der Waals surface area contributed by atoms with Crippen LogP contribution in [0, 0.1) is 6.92 Å². The fourth-order valence-corrected chi connectivity index (χ4v) is 3.13. The lowest BCUT2D eigenvalue weighted by atomic mass is 10.1. The lowest BCUT2D eigenvalue weighted by Gasteiger charge is -2.27. The van der Waals surface area contributed by atoms with Crippen molar-refractivity contribution in [3.63, 3.8) is 0 Å². The van der Waals surface area contributed by atoms with Gasteiger partial charge in [0.25, 0.3) is 0 Å². The van der Waals surface area contributed by atoms with E-state index in [9.17, 15) is 4.79 Å². The molecule has 0 spiro atoms. The summed E-state index contributed by atoms with van der Waals surface area (Å²) >= 11 is 0. The number of carbonyl (C=O) groups excluding carboxylic acids is 1. The van der Waals surface area contributed by atoms with Gasteiger partial charge in [-0.1, -0.05) is 48.0 Å². The second-order valence-corrected chi connectivity index (χ2v) is 6.43. The summed E-state index contributed by atoms with van der Waals surface area (Å²) in [6, 6.07) is 17.0. The molecule has 1 aliphatic heterocycles. The summed E-state index contributed by atoms with van der Waals surface area (Å²) in [7, 11) is 2.02. The first-order valence-corrected chi connectivity index (χ1v) is 8.21. The summed E-state index contributed by atoms with van der Waals surface area (Å²) in [5, 5.41) is 0. The van der Waals surface area contributed by atoms with Crippen LogP contribution in [0.5, 0.6) is 0 Å². The third-order valence-electron chi connectivity index (χ3n) is 4.79. The van der Waals surface area contributed by atoms with Crippen LogP contribution in [0.4, 0.5) is 5.69 Å². The van der Waals surface area contributed by atoms with E-state index in [0.29, 0.717) is 6.54 Å². The molecular formula is C20H24N2O. The first-order valence-electron chi connectivity index (χ1n) is 8.21. The molecule has 0 aromatic heterocycles. The number of carbonyl (C=O) groups is 1. The van der Waals surface area contributed by atoms with Crippen LogP contribution in [0.2, 0.25) is 0 Å². The summed E-state index contributed by atoms with van der Waals surface area (Å²) in [6.45, 7) is 5.47. The van der Waals surface area contributed by atoms with Crippen LogP contribution in [-0.2, 0) is 11.2 Å². The van der Waals surface area contributed by atoms with Crippen molar-refractivity contribution >= 4 is 11.6 Å². The van der Waals surface area contributed by atoms with E-state index in [4.69, 9.17) is 0 Å². The van der Waals surface area contributed by atoms with Crippen molar-refractivity contribution in [1.82, 2.24) is 4.90 Å². The molecule has 1 unspecified atom stereocenters. The summed E-state index contributed by atoms with van der Waals surface area (Å²) in [5.74, 6) is 0.177. The molecule has 1 atom stereocenters. The Hall–Kier alpha value is -2.13. The number of likely N-dealkylation sites (N-methyl/N-ethyl adjacent to an activating group) is 1. The zero-order valence-corrected chi connectivity index (χ0v) is 14.1. The molecule has 2 aromatic rings. The SMILES string of the molecule is Cc1ccc(C(C)N(C)CC(=O)N2CCc3ccccc32)cc1. The number of nitrogens with zero attached hydrogens (tertiary/aromatic N) is 2. The molecule has 3 nitrogen and oxygen atoms in total. The molecule has 0 fully saturated rings. The monoisotopic (exact) mass is 308 g/mol. The van der Waals surface area contributed by atoms with Gasteiger partial charge in [0.2, 0.25) is 5.91 Å². The highest BCUT2D eigenvalue weighted by Crippen LogP contribution is 2.28. The fourth-order valence-electron chi connectivity index (χ4n) is 3.13. The van der Waals surface area contributed by atoms with Crippen molar-refractivity contribution in [3.8, 4) is 0 Å². The predicted octanol–water partition coefficient (Wildman–Crippen LogP) is 3.58. The molecule has 3 heteroatoms. The molecule has 0 bridgehead atoms. The van der Waals surface area contributed by atoms with Crippen molar-refractivity contribution in [2.24, 2.45) is 0 Å². The van der Waals surface area contributed by atoms with Crippen LogP contribution >= 0.6 is 0 Å². The van der Waals surface area contributed by atoms with Crippen LogP contribution in [0.15, 0.2) is 48.5 Å². The Morgan fingerprint density at radius 2 is 1.87 bits per heavy atom. The third-order valence-corrected chi connectivity index (χ3v) is 4.79. The van der Waals surface area contributed by atoms with Gasteiger partial charge in [0.05, 0.1) is 6.54 Å². The molecular weight excluding hydrogens is 284 g/mol. The Bertz CT molecular complexity index is 693. The standard InChI is InChI=1S/C20H24N2O/c1-15-8-10-17(11-9-15)16(2)21(3)14-20(23)22-13-12-18-6-4-5-7-19(18)22/h4-11,16H,12-14H2,1-3H3. The molecule has 3 rings (SSSR count). The van der Waals surface area contributed by atoms with Gasteiger partial charge in [0.15, 0.2) is 0 Å². The van der Waals surface area contributed by atoms with E-state index >= 15 is 0 Å². The van der Waals surface area contributed by atoms with E-state index in [0.717, 1.165) is 18.7 Å². The molecule has 1 heterocycles. The lowest BCUT2D eigenvalue weighted by molar-refractivity contribution is -0.119. The van der Waals surface area contributed by atoms with Gasteiger partial charge in [-0.15, -0.1) is 0 Å². The first-order chi connectivity index (χ1) is 11.1. The van der Waals surface area contributed by atoms with Gasteiger partial charge in [-0.25, -0.2) is 0 Å². The average Bonchev–Trinajstić information content (AvgIpc) is 2.99. The van der Waals surface area contributed by atoms with Crippen LogP contribution in [0.3, 0.4) is 0 Å². The van der Waals surface area contributed by atoms with Crippen LogP contribution in [0.1, 0.15) is 29.7 Å². The Labute approximate surface area is 138 Å². The second kappa shape index (κ2) is 6.55. The Morgan fingerprint density at radius 1 is 1.17 bits per heavy atom. The number of fused-ring (bicyclic) bond motifs is 1. The number of amides is 1. The maximum absolute atomic E-state index is 12.7. The van der Waals surface area contributed by atoms with Crippen LogP contribution < -0.4 is 4.90 Å². The van der Waals surface area contributed by atoms with Gasteiger partial charge in [0.1, 0.15) is 0 Å². The maximum atomic E-state index is 12.7. The number of aryl methyl sites for hydroxylation is 1. The van der Waals surface area contributed by atoms with Crippen LogP contribution in [-0.4, -0.2) is 30.9 Å². The van der Waals surface area contributed by atoms with Crippen molar-refractivity contribution in [1.29, 1.82) is 0 Å². The van der Waals surface area contributed by atoms with E-state index in [2.05, 4.69) is 49.1 Å². The highest BCUT2D eigenvalue weighted by molar-refractivity contribution is 5.96. The molecule has 1 amide bonds. The highest BCUT2D eigenvalue weighted by atomic mass is 16.2. The molecule has 1 aliphatic rings. The van der Waals surface area contributed by atoms with Gasteiger partial charge in [-0.05, 0) is 44.5 Å². The molecule has 0 N–H and O–H groups in total. The van der Waals surface area contributed by atoms with Gasteiger partial charge >= 0.3 is 0 Å².